The Morgan fingerprint density at radius 1 is 0.955 bits per heavy atom. The zero-order chi connectivity index (χ0) is 16.1. The van der Waals surface area contributed by atoms with Crippen LogP contribution in [0.5, 0.6) is 0 Å². The Hall–Kier alpha value is -1.21. The quantitative estimate of drug-likeness (QED) is 0.863. The van der Waals surface area contributed by atoms with E-state index < -0.39 is 29.3 Å². The van der Waals surface area contributed by atoms with Crippen LogP contribution in [0.2, 0.25) is 0 Å². The van der Waals surface area contributed by atoms with Gasteiger partial charge in [0, 0.05) is 0 Å². The molecule has 2 N–H and O–H groups in total. The first-order chi connectivity index (χ1) is 10.2. The van der Waals surface area contributed by atoms with E-state index in [-0.39, 0.29) is 0 Å². The summed E-state index contributed by atoms with van der Waals surface area (Å²) >= 11 is 0. The zero-order valence-electron chi connectivity index (χ0n) is 13.3. The van der Waals surface area contributed by atoms with Crippen LogP contribution in [-0.2, 0) is 20.3 Å². The summed E-state index contributed by atoms with van der Waals surface area (Å²) in [6.07, 6.45) is 0. The van der Waals surface area contributed by atoms with Crippen LogP contribution in [0.25, 0.3) is 10.8 Å². The highest BCUT2D eigenvalue weighted by atomic mass is 32.2. The molecule has 3 rings (SSSR count). The van der Waals surface area contributed by atoms with Crippen molar-refractivity contribution in [2.24, 2.45) is 5.14 Å². The molecule has 1 aliphatic heterocycles. The van der Waals surface area contributed by atoms with Crippen LogP contribution in [0.3, 0.4) is 0 Å². The molecular weight excluding hydrogens is 297 g/mol. The first-order valence-corrected chi connectivity index (χ1v) is 8.48. The van der Waals surface area contributed by atoms with Crippen molar-refractivity contribution in [3.05, 3.63) is 36.4 Å². The third-order valence-corrected chi connectivity index (χ3v) is 5.43. The molecule has 0 amide bonds. The number of hydrogen-bond donors (Lipinski definition) is 1. The number of fused-ring (bicyclic) bond motifs is 1. The minimum Gasteiger partial charge on any atom is -0.399 e. The van der Waals surface area contributed by atoms with E-state index >= 15 is 0 Å². The molecule has 0 spiro atoms. The Balaban J connectivity index is 2.14. The van der Waals surface area contributed by atoms with Crippen LogP contribution in [0, 0.1) is 0 Å². The third-order valence-electron chi connectivity index (χ3n) is 4.64. The molecule has 1 heterocycles. The number of nitrogens with two attached hydrogens (primary N) is 1. The van der Waals surface area contributed by atoms with E-state index in [4.69, 9.17) is 14.4 Å². The normalized spacial score (nSPS) is 21.2. The molecule has 0 saturated carbocycles. The van der Waals surface area contributed by atoms with Gasteiger partial charge in [0.05, 0.1) is 16.1 Å². The van der Waals surface area contributed by atoms with Crippen molar-refractivity contribution in [1.82, 2.24) is 0 Å². The Morgan fingerprint density at radius 3 is 2.09 bits per heavy atom. The minimum absolute atomic E-state index is 0.395. The van der Waals surface area contributed by atoms with E-state index in [1.165, 1.54) is 0 Å². The average Bonchev–Trinajstić information content (AvgIpc) is 2.65. The Morgan fingerprint density at radius 2 is 1.50 bits per heavy atom. The van der Waals surface area contributed by atoms with Crippen molar-refractivity contribution in [3.63, 3.8) is 0 Å². The highest BCUT2D eigenvalue weighted by Gasteiger charge is 2.52. The Bertz CT molecular complexity index is 744. The molecule has 4 nitrogen and oxygen atoms in total. The Labute approximate surface area is 133 Å². The van der Waals surface area contributed by atoms with E-state index in [1.54, 1.807) is 6.07 Å². The molecule has 0 radical (unpaired) electrons. The van der Waals surface area contributed by atoms with Crippen molar-refractivity contribution in [2.75, 3.05) is 0 Å². The average molecular weight is 317 g/mol. The number of hydrogen-bond acceptors (Lipinski definition) is 3. The zero-order valence-corrected chi connectivity index (χ0v) is 14.1. The Kier molecular flexibility index (Phi) is 3.68. The van der Waals surface area contributed by atoms with E-state index in [1.807, 2.05) is 58.0 Å². The highest BCUT2D eigenvalue weighted by Crippen LogP contribution is 2.37. The molecule has 2 aromatic rings. The lowest BCUT2D eigenvalue weighted by Gasteiger charge is -2.32. The molecule has 0 aliphatic carbocycles. The predicted octanol–water partition coefficient (Wildman–Crippen LogP) is 2.12. The van der Waals surface area contributed by atoms with Gasteiger partial charge in [0.1, 0.15) is 11.0 Å². The molecule has 0 bridgehead atoms. The second-order valence-corrected chi connectivity index (χ2v) is 7.62. The molecule has 1 aliphatic rings. The van der Waals surface area contributed by atoms with Crippen molar-refractivity contribution in [3.8, 4) is 0 Å². The van der Waals surface area contributed by atoms with Crippen LogP contribution < -0.4 is 10.6 Å². The summed E-state index contributed by atoms with van der Waals surface area (Å²) in [6, 6.07) is 11.4. The van der Waals surface area contributed by atoms with E-state index in [0.29, 0.717) is 4.90 Å². The van der Waals surface area contributed by atoms with Gasteiger partial charge in [-0.1, -0.05) is 30.3 Å². The SMILES string of the molecule is CC1(C)OB(c2cccc3c(S(N)=O)cccc23)OC1(C)C. The van der Waals surface area contributed by atoms with Crippen LogP contribution in [0.15, 0.2) is 41.3 Å². The summed E-state index contributed by atoms with van der Waals surface area (Å²) < 4.78 is 24.0. The van der Waals surface area contributed by atoms with Crippen molar-refractivity contribution >= 4 is 34.3 Å². The van der Waals surface area contributed by atoms with Gasteiger partial charge >= 0.3 is 7.12 Å². The summed E-state index contributed by atoms with van der Waals surface area (Å²) in [5.74, 6) is 0. The van der Waals surface area contributed by atoms with Crippen molar-refractivity contribution < 1.29 is 13.5 Å². The molecule has 1 saturated heterocycles. The van der Waals surface area contributed by atoms with Gasteiger partial charge in [0.2, 0.25) is 0 Å². The molecule has 1 unspecified atom stereocenters. The second-order valence-electron chi connectivity index (χ2n) is 6.58. The largest absolute Gasteiger partial charge is 0.495 e. The first kappa shape index (κ1) is 15.7. The summed E-state index contributed by atoms with van der Waals surface area (Å²) in [5, 5.41) is 7.41. The third kappa shape index (κ3) is 2.40. The van der Waals surface area contributed by atoms with E-state index in [9.17, 15) is 4.21 Å². The number of benzene rings is 2. The van der Waals surface area contributed by atoms with Gasteiger partial charge in [0.25, 0.3) is 0 Å². The molecule has 1 atom stereocenters. The molecular formula is C16H20BNO3S. The molecule has 1 fully saturated rings. The fourth-order valence-corrected chi connectivity index (χ4v) is 3.26. The summed E-state index contributed by atoms with van der Waals surface area (Å²) in [4.78, 5) is 0.621. The van der Waals surface area contributed by atoms with Crippen LogP contribution in [0.1, 0.15) is 27.7 Å². The lowest BCUT2D eigenvalue weighted by molar-refractivity contribution is 0.00578. The van der Waals surface area contributed by atoms with Crippen LogP contribution in [-0.4, -0.2) is 22.5 Å². The topological polar surface area (TPSA) is 61.5 Å². The maximum absolute atomic E-state index is 11.7. The second kappa shape index (κ2) is 5.16. The molecule has 2 aromatic carbocycles. The fraction of sp³-hybridized carbons (Fsp3) is 0.375. The van der Waals surface area contributed by atoms with Gasteiger partial charge in [-0.3, -0.25) is 0 Å². The van der Waals surface area contributed by atoms with Gasteiger partial charge < -0.3 is 9.31 Å². The van der Waals surface area contributed by atoms with Crippen LogP contribution >= 0.6 is 0 Å². The first-order valence-electron chi connectivity index (χ1n) is 7.26. The van der Waals surface area contributed by atoms with Crippen molar-refractivity contribution in [2.45, 2.75) is 43.8 Å². The van der Waals surface area contributed by atoms with Crippen molar-refractivity contribution in [1.29, 1.82) is 0 Å². The monoisotopic (exact) mass is 317 g/mol. The lowest BCUT2D eigenvalue weighted by Crippen LogP contribution is -2.41. The number of rotatable bonds is 2. The molecule has 0 aromatic heterocycles. The van der Waals surface area contributed by atoms with E-state index in [0.717, 1.165) is 16.2 Å². The van der Waals surface area contributed by atoms with Crippen LogP contribution in [0.4, 0.5) is 0 Å². The van der Waals surface area contributed by atoms with Gasteiger partial charge in [-0.15, -0.1) is 0 Å². The summed E-state index contributed by atoms with van der Waals surface area (Å²) in [5.41, 5.74) is 0.144. The smallest absolute Gasteiger partial charge is 0.399 e. The minimum atomic E-state index is -1.53. The van der Waals surface area contributed by atoms with Gasteiger partial charge in [-0.25, -0.2) is 9.35 Å². The summed E-state index contributed by atoms with van der Waals surface area (Å²) in [7, 11) is -1.97. The predicted molar refractivity (Wildman–Crippen MR) is 90.3 cm³/mol. The van der Waals surface area contributed by atoms with Gasteiger partial charge in [-0.05, 0) is 50.0 Å². The summed E-state index contributed by atoms with van der Waals surface area (Å²) in [6.45, 7) is 8.11. The standard InChI is InChI=1S/C16H20BNO3S/c1-15(2)16(3,4)21-17(20-15)13-9-5-8-12-11(13)7-6-10-14(12)22(18)19/h5-10H,18H2,1-4H3. The maximum atomic E-state index is 11.7. The maximum Gasteiger partial charge on any atom is 0.495 e. The molecule has 22 heavy (non-hydrogen) atoms. The fourth-order valence-electron chi connectivity index (χ4n) is 2.66. The molecule has 116 valence electrons. The molecule has 6 heteroatoms. The van der Waals surface area contributed by atoms with Gasteiger partial charge in [0.15, 0.2) is 0 Å². The highest BCUT2D eigenvalue weighted by molar-refractivity contribution is 7.83. The lowest BCUT2D eigenvalue weighted by atomic mass is 9.76. The van der Waals surface area contributed by atoms with E-state index in [2.05, 4.69) is 0 Å². The van der Waals surface area contributed by atoms with Gasteiger partial charge in [-0.2, -0.15) is 0 Å².